The van der Waals surface area contributed by atoms with Gasteiger partial charge in [-0.2, -0.15) is 0 Å². The number of unbranched alkanes of at least 4 members (excludes halogenated alkanes) is 2. The molecule has 29 heavy (non-hydrogen) atoms. The summed E-state index contributed by atoms with van der Waals surface area (Å²) in [5.41, 5.74) is 2.13. The first-order valence-corrected chi connectivity index (χ1v) is 9.88. The second kappa shape index (κ2) is 12.2. The van der Waals surface area contributed by atoms with Crippen LogP contribution < -0.4 is 20.7 Å². The molecule has 2 amide bonds. The highest BCUT2D eigenvalue weighted by Gasteiger charge is 2.06. The van der Waals surface area contributed by atoms with E-state index >= 15 is 0 Å². The van der Waals surface area contributed by atoms with Crippen molar-refractivity contribution < 1.29 is 14.3 Å². The quantitative estimate of drug-likeness (QED) is 0.356. The molecular formula is C23H29N3O3. The monoisotopic (exact) mass is 395 g/mol. The molecule has 6 nitrogen and oxygen atoms in total. The maximum atomic E-state index is 12.2. The molecule has 0 radical (unpaired) electrons. The van der Waals surface area contributed by atoms with Crippen molar-refractivity contribution in [2.75, 3.05) is 29.1 Å². The van der Waals surface area contributed by atoms with E-state index in [0.29, 0.717) is 30.2 Å². The van der Waals surface area contributed by atoms with Crippen LogP contribution in [0.3, 0.4) is 0 Å². The summed E-state index contributed by atoms with van der Waals surface area (Å²) in [5.74, 6) is 0.491. The third-order valence-corrected chi connectivity index (χ3v) is 4.09. The van der Waals surface area contributed by atoms with Gasteiger partial charge in [0.1, 0.15) is 12.4 Å². The molecule has 0 aromatic heterocycles. The standard InChI is InChI=1S/C23H29N3O3/c1-3-5-6-13-22(27)25-19-10-7-9-18(15-19)24-17-23(28)26-20-11-8-12-21(16-20)29-14-4-2/h4,7-12,15-16,24H,2-3,5-6,13-14,17H2,1H3,(H,25,27)(H,26,28). The van der Waals surface area contributed by atoms with Gasteiger partial charge in [-0.1, -0.05) is 44.6 Å². The Hall–Kier alpha value is -3.28. The molecule has 6 heteroatoms. The van der Waals surface area contributed by atoms with Crippen molar-refractivity contribution in [1.82, 2.24) is 0 Å². The van der Waals surface area contributed by atoms with E-state index in [0.717, 1.165) is 24.9 Å². The van der Waals surface area contributed by atoms with Crippen molar-refractivity contribution in [3.63, 3.8) is 0 Å². The lowest BCUT2D eigenvalue weighted by Crippen LogP contribution is -2.21. The summed E-state index contributed by atoms with van der Waals surface area (Å²) in [6.45, 7) is 6.23. The van der Waals surface area contributed by atoms with E-state index in [-0.39, 0.29) is 18.4 Å². The molecule has 3 N–H and O–H groups in total. The Labute approximate surface area is 172 Å². The molecule has 0 aliphatic carbocycles. The maximum absolute atomic E-state index is 12.2. The Morgan fingerprint density at radius 1 is 0.966 bits per heavy atom. The molecule has 2 aromatic rings. The molecule has 0 bridgehead atoms. The minimum absolute atomic E-state index is 0.00639. The molecule has 0 fully saturated rings. The van der Waals surface area contributed by atoms with Gasteiger partial charge in [0.05, 0.1) is 6.54 Å². The second-order valence-electron chi connectivity index (χ2n) is 6.62. The zero-order chi connectivity index (χ0) is 20.9. The Morgan fingerprint density at radius 2 is 1.66 bits per heavy atom. The second-order valence-corrected chi connectivity index (χ2v) is 6.62. The summed E-state index contributed by atoms with van der Waals surface area (Å²) >= 11 is 0. The van der Waals surface area contributed by atoms with Gasteiger partial charge in [-0.05, 0) is 36.8 Å². The molecule has 0 aliphatic rings. The number of carbonyl (C=O) groups excluding carboxylic acids is 2. The lowest BCUT2D eigenvalue weighted by atomic mass is 10.2. The van der Waals surface area contributed by atoms with Gasteiger partial charge in [0, 0.05) is 29.5 Å². The number of hydrogen-bond acceptors (Lipinski definition) is 4. The SMILES string of the molecule is C=CCOc1cccc(NC(=O)CNc2cccc(NC(=O)CCCCC)c2)c1. The topological polar surface area (TPSA) is 79.5 Å². The van der Waals surface area contributed by atoms with Crippen LogP contribution in [-0.4, -0.2) is 25.0 Å². The molecular weight excluding hydrogens is 366 g/mol. The Balaban J connectivity index is 1.82. The summed E-state index contributed by atoms with van der Waals surface area (Å²) < 4.78 is 5.46. The Morgan fingerprint density at radius 3 is 2.41 bits per heavy atom. The molecule has 0 unspecified atom stereocenters. The van der Waals surface area contributed by atoms with Gasteiger partial charge in [-0.3, -0.25) is 9.59 Å². The highest BCUT2D eigenvalue weighted by molar-refractivity contribution is 5.94. The molecule has 0 aliphatic heterocycles. The van der Waals surface area contributed by atoms with Gasteiger partial charge in [-0.15, -0.1) is 0 Å². The third kappa shape index (κ3) is 8.51. The highest BCUT2D eigenvalue weighted by atomic mass is 16.5. The highest BCUT2D eigenvalue weighted by Crippen LogP contribution is 2.18. The molecule has 2 aromatic carbocycles. The molecule has 0 saturated heterocycles. The van der Waals surface area contributed by atoms with E-state index in [1.165, 1.54) is 0 Å². The lowest BCUT2D eigenvalue weighted by molar-refractivity contribution is -0.116. The van der Waals surface area contributed by atoms with E-state index in [4.69, 9.17) is 4.74 Å². The summed E-state index contributed by atoms with van der Waals surface area (Å²) in [5, 5.41) is 8.79. The van der Waals surface area contributed by atoms with E-state index in [1.807, 2.05) is 36.4 Å². The third-order valence-electron chi connectivity index (χ3n) is 4.09. The first-order valence-electron chi connectivity index (χ1n) is 9.88. The van der Waals surface area contributed by atoms with E-state index in [2.05, 4.69) is 29.5 Å². The van der Waals surface area contributed by atoms with Gasteiger partial charge in [0.15, 0.2) is 0 Å². The van der Waals surface area contributed by atoms with Gasteiger partial charge in [0.2, 0.25) is 11.8 Å². The van der Waals surface area contributed by atoms with Gasteiger partial charge >= 0.3 is 0 Å². The van der Waals surface area contributed by atoms with Crippen LogP contribution in [0, 0.1) is 0 Å². The van der Waals surface area contributed by atoms with E-state index < -0.39 is 0 Å². The van der Waals surface area contributed by atoms with Crippen molar-refractivity contribution in [3.05, 3.63) is 61.2 Å². The largest absolute Gasteiger partial charge is 0.489 e. The zero-order valence-electron chi connectivity index (χ0n) is 16.9. The van der Waals surface area contributed by atoms with Crippen LogP contribution in [0.5, 0.6) is 5.75 Å². The fourth-order valence-electron chi connectivity index (χ4n) is 2.67. The minimum atomic E-state index is -0.181. The number of rotatable bonds is 12. The zero-order valence-corrected chi connectivity index (χ0v) is 16.9. The van der Waals surface area contributed by atoms with Crippen LogP contribution in [0.4, 0.5) is 17.1 Å². The van der Waals surface area contributed by atoms with Crippen molar-refractivity contribution in [1.29, 1.82) is 0 Å². The van der Waals surface area contributed by atoms with Crippen LogP contribution in [0.15, 0.2) is 61.2 Å². The van der Waals surface area contributed by atoms with Crippen LogP contribution in [0.2, 0.25) is 0 Å². The normalized spacial score (nSPS) is 10.1. The fraction of sp³-hybridized carbons (Fsp3) is 0.304. The maximum Gasteiger partial charge on any atom is 0.243 e. The van der Waals surface area contributed by atoms with Crippen LogP contribution in [0.25, 0.3) is 0 Å². The number of nitrogens with one attached hydrogen (secondary N) is 3. The average Bonchev–Trinajstić information content (AvgIpc) is 2.71. The van der Waals surface area contributed by atoms with E-state index in [1.54, 1.807) is 18.2 Å². The number of ether oxygens (including phenoxy) is 1. The molecule has 154 valence electrons. The molecule has 2 rings (SSSR count). The Bertz CT molecular complexity index is 821. The van der Waals surface area contributed by atoms with Gasteiger partial charge in [-0.25, -0.2) is 0 Å². The van der Waals surface area contributed by atoms with E-state index in [9.17, 15) is 9.59 Å². The number of anilines is 3. The molecule has 0 saturated carbocycles. The van der Waals surface area contributed by atoms with Gasteiger partial charge < -0.3 is 20.7 Å². The molecule has 0 spiro atoms. The number of hydrogen-bond donors (Lipinski definition) is 3. The van der Waals surface area contributed by atoms with Crippen LogP contribution in [-0.2, 0) is 9.59 Å². The fourth-order valence-corrected chi connectivity index (χ4v) is 2.67. The lowest BCUT2D eigenvalue weighted by Gasteiger charge is -2.11. The van der Waals surface area contributed by atoms with Crippen LogP contribution >= 0.6 is 0 Å². The number of benzene rings is 2. The van der Waals surface area contributed by atoms with Crippen molar-refractivity contribution in [3.8, 4) is 5.75 Å². The minimum Gasteiger partial charge on any atom is -0.489 e. The molecule has 0 atom stereocenters. The summed E-state index contributed by atoms with van der Waals surface area (Å²) in [6.07, 6.45) is 5.20. The van der Waals surface area contributed by atoms with Gasteiger partial charge in [0.25, 0.3) is 0 Å². The predicted octanol–water partition coefficient (Wildman–Crippen LogP) is 4.82. The Kier molecular flexibility index (Phi) is 9.29. The van der Waals surface area contributed by atoms with Crippen molar-refractivity contribution in [2.24, 2.45) is 0 Å². The average molecular weight is 396 g/mol. The number of carbonyl (C=O) groups is 2. The first kappa shape index (κ1) is 22.0. The molecule has 0 heterocycles. The predicted molar refractivity (Wildman–Crippen MR) is 118 cm³/mol. The smallest absolute Gasteiger partial charge is 0.243 e. The first-order chi connectivity index (χ1) is 14.1. The summed E-state index contributed by atoms with van der Waals surface area (Å²) in [4.78, 5) is 24.2. The van der Waals surface area contributed by atoms with Crippen LogP contribution in [0.1, 0.15) is 32.6 Å². The van der Waals surface area contributed by atoms with Crippen molar-refractivity contribution in [2.45, 2.75) is 32.6 Å². The van der Waals surface area contributed by atoms with Crippen molar-refractivity contribution >= 4 is 28.9 Å². The number of amides is 2. The summed E-state index contributed by atoms with van der Waals surface area (Å²) in [7, 11) is 0. The summed E-state index contributed by atoms with van der Waals surface area (Å²) in [6, 6.07) is 14.5.